The van der Waals surface area contributed by atoms with Gasteiger partial charge in [0.05, 0.1) is 54.4 Å². The Balaban J connectivity index is 0.837. The molecule has 7 fully saturated rings. The Morgan fingerprint density at radius 1 is 0.691 bits per heavy atom. The van der Waals surface area contributed by atoms with E-state index in [0.717, 1.165) is 44.1 Å². The average Bonchev–Trinajstić information content (AvgIpc) is 3.67. The first-order valence-corrected chi connectivity index (χ1v) is 20.9. The fourth-order valence-electron chi connectivity index (χ4n) is 12.8. The molecule has 8 rings (SSSR count). The maximum Gasteiger partial charge on any atom is 0.331 e. The quantitative estimate of drug-likeness (QED) is 0.162. The zero-order chi connectivity index (χ0) is 39.2. The van der Waals surface area contributed by atoms with Gasteiger partial charge in [0, 0.05) is 30.8 Å². The standard InChI is InChI=1S/C41H64O14/c1-19-36(47)28(42)15-34(50-19)54-38-21(3)52-35(17-30(38)44)55-37-20(2)51-33(16-29(37)43)53-24-8-10-39(4)23(13-24)6-7-26-27(39)14-31(45)40(5)25(9-11-41(26,40)48)22-12-32(46)49-18-22/h12,19-21,23-31,33-38,42-45,47-48H,6-11,13-18H2,1-5H3/t19-,20-,21-,23-,24+,25-,26-,27+,28+,29+,30+,31-,33+,34+,35?,36-,37-,38-,39+,40+,41+/m1/s1. The van der Waals surface area contributed by atoms with Crippen molar-refractivity contribution in [2.24, 2.45) is 34.5 Å². The van der Waals surface area contributed by atoms with E-state index in [1.807, 2.05) is 13.8 Å². The molecule has 55 heavy (non-hydrogen) atoms. The first-order valence-electron chi connectivity index (χ1n) is 20.9. The Kier molecular flexibility index (Phi) is 11.1. The van der Waals surface area contributed by atoms with Crippen molar-refractivity contribution in [2.75, 3.05) is 6.61 Å². The van der Waals surface area contributed by atoms with Gasteiger partial charge in [0.2, 0.25) is 0 Å². The maximum atomic E-state index is 12.6. The van der Waals surface area contributed by atoms with Crippen LogP contribution in [0.25, 0.3) is 0 Å². The lowest BCUT2D eigenvalue weighted by molar-refractivity contribution is -0.336. The van der Waals surface area contributed by atoms with Crippen LogP contribution in [0.2, 0.25) is 0 Å². The van der Waals surface area contributed by atoms with Crippen molar-refractivity contribution in [1.82, 2.24) is 0 Å². The highest BCUT2D eigenvalue weighted by atomic mass is 16.7. The lowest BCUT2D eigenvalue weighted by atomic mass is 9.42. The zero-order valence-corrected chi connectivity index (χ0v) is 32.9. The molecular formula is C41H64O14. The van der Waals surface area contributed by atoms with E-state index >= 15 is 0 Å². The SMILES string of the molecule is C[C@H]1O[C@@H](O[C@H]2[C@@H](O)CC(O[C@H]3[C@@H](O)C[C@H](O[C@H]4CC[C@@]5(C)[C@H](CC[C@@H]6[C@@H]5C[C@@H](O)[C@]5(C)[C@@H](C7=CC(=O)OC7)CC[C@]65O)C4)O[C@@H]3C)O[C@@H]2C)C[C@H](O)[C@@H]1O. The molecule has 4 aliphatic heterocycles. The van der Waals surface area contributed by atoms with Gasteiger partial charge in [0.15, 0.2) is 18.9 Å². The molecule has 0 aromatic rings. The van der Waals surface area contributed by atoms with Gasteiger partial charge in [0.1, 0.15) is 24.9 Å². The van der Waals surface area contributed by atoms with Gasteiger partial charge in [0.25, 0.3) is 0 Å². The van der Waals surface area contributed by atoms with Gasteiger partial charge >= 0.3 is 5.97 Å². The van der Waals surface area contributed by atoms with Crippen molar-refractivity contribution in [3.8, 4) is 0 Å². The number of rotatable bonds is 7. The van der Waals surface area contributed by atoms with Crippen LogP contribution in [0.3, 0.4) is 0 Å². The third-order valence-electron chi connectivity index (χ3n) is 16.0. The smallest absolute Gasteiger partial charge is 0.331 e. The van der Waals surface area contributed by atoms with Crippen LogP contribution < -0.4 is 0 Å². The van der Waals surface area contributed by atoms with E-state index in [9.17, 15) is 35.4 Å². The molecular weight excluding hydrogens is 716 g/mol. The normalized spacial score (nSPS) is 55.5. The van der Waals surface area contributed by atoms with Crippen molar-refractivity contribution in [2.45, 2.75) is 197 Å². The van der Waals surface area contributed by atoms with E-state index in [1.54, 1.807) is 19.9 Å². The highest BCUT2D eigenvalue weighted by Crippen LogP contribution is 2.70. The van der Waals surface area contributed by atoms with Crippen LogP contribution >= 0.6 is 0 Å². The summed E-state index contributed by atoms with van der Waals surface area (Å²) in [6.07, 6.45) is -1.51. The second-order valence-electron chi connectivity index (χ2n) is 18.8. The minimum atomic E-state index is -1.01. The zero-order valence-electron chi connectivity index (χ0n) is 32.9. The summed E-state index contributed by atoms with van der Waals surface area (Å²) in [5.41, 5.74) is -0.892. The first-order chi connectivity index (χ1) is 26.0. The molecule has 14 nitrogen and oxygen atoms in total. The number of esters is 1. The summed E-state index contributed by atoms with van der Waals surface area (Å²) >= 11 is 0. The molecule has 0 bridgehead atoms. The predicted octanol–water partition coefficient (Wildman–Crippen LogP) is 2.22. The summed E-state index contributed by atoms with van der Waals surface area (Å²) in [7, 11) is 0. The number of carbonyl (C=O) groups excluding carboxylic acids is 1. The van der Waals surface area contributed by atoms with E-state index in [4.69, 9.17) is 33.2 Å². The topological polar surface area (TPSA) is 203 Å². The van der Waals surface area contributed by atoms with E-state index in [0.29, 0.717) is 18.8 Å². The molecule has 0 amide bonds. The van der Waals surface area contributed by atoms with Gasteiger partial charge in [-0.05, 0) is 107 Å². The van der Waals surface area contributed by atoms with Crippen molar-refractivity contribution < 1.29 is 68.6 Å². The summed E-state index contributed by atoms with van der Waals surface area (Å²) in [4.78, 5) is 11.9. The van der Waals surface area contributed by atoms with E-state index in [2.05, 4.69) is 6.92 Å². The van der Waals surface area contributed by atoms with E-state index < -0.39 is 90.9 Å². The Morgan fingerprint density at radius 3 is 1.87 bits per heavy atom. The van der Waals surface area contributed by atoms with Crippen molar-refractivity contribution in [3.63, 3.8) is 0 Å². The Morgan fingerprint density at radius 2 is 1.29 bits per heavy atom. The van der Waals surface area contributed by atoms with E-state index in [1.165, 1.54) is 0 Å². The Labute approximate surface area is 323 Å². The first kappa shape index (κ1) is 40.5. The number of aliphatic hydroxyl groups excluding tert-OH is 5. The molecule has 8 aliphatic rings. The lowest BCUT2D eigenvalue weighted by Gasteiger charge is -2.65. The number of carbonyl (C=O) groups is 1. The fourth-order valence-corrected chi connectivity index (χ4v) is 12.8. The number of hydrogen-bond acceptors (Lipinski definition) is 14. The van der Waals surface area contributed by atoms with Crippen molar-refractivity contribution >= 4 is 5.97 Å². The summed E-state index contributed by atoms with van der Waals surface area (Å²) in [5.74, 6) is 0.204. The van der Waals surface area contributed by atoms with Gasteiger partial charge in [-0.15, -0.1) is 0 Å². The fraction of sp³-hybridized carbons (Fsp3) is 0.927. The third kappa shape index (κ3) is 6.95. The predicted molar refractivity (Wildman–Crippen MR) is 193 cm³/mol. The van der Waals surface area contributed by atoms with Gasteiger partial charge < -0.3 is 63.8 Å². The molecule has 21 atom stereocenters. The monoisotopic (exact) mass is 780 g/mol. The number of ether oxygens (including phenoxy) is 7. The molecule has 3 saturated heterocycles. The van der Waals surface area contributed by atoms with Crippen LogP contribution in [-0.4, -0.2) is 135 Å². The van der Waals surface area contributed by atoms with Crippen LogP contribution in [0.4, 0.5) is 0 Å². The van der Waals surface area contributed by atoms with Gasteiger partial charge in [-0.1, -0.05) is 13.8 Å². The van der Waals surface area contributed by atoms with E-state index in [-0.39, 0.29) is 61.1 Å². The molecule has 0 spiro atoms. The summed E-state index contributed by atoms with van der Waals surface area (Å²) in [6, 6.07) is 0. The van der Waals surface area contributed by atoms with Crippen LogP contribution in [0.5, 0.6) is 0 Å². The molecule has 0 aromatic carbocycles. The molecule has 1 unspecified atom stereocenters. The minimum Gasteiger partial charge on any atom is -0.458 e. The molecule has 6 N–H and O–H groups in total. The number of fused-ring (bicyclic) bond motifs is 5. The number of aliphatic hydroxyl groups is 6. The minimum absolute atomic E-state index is 0.0452. The average molecular weight is 781 g/mol. The molecule has 4 heterocycles. The second kappa shape index (κ2) is 15.1. The second-order valence-corrected chi connectivity index (χ2v) is 18.8. The number of hydrogen-bond donors (Lipinski definition) is 6. The largest absolute Gasteiger partial charge is 0.458 e. The van der Waals surface area contributed by atoms with Crippen LogP contribution in [0.1, 0.15) is 105 Å². The molecule has 4 saturated carbocycles. The molecule has 0 aromatic heterocycles. The summed E-state index contributed by atoms with van der Waals surface area (Å²) in [6.45, 7) is 9.90. The van der Waals surface area contributed by atoms with Crippen LogP contribution in [0.15, 0.2) is 11.6 Å². The summed E-state index contributed by atoms with van der Waals surface area (Å²) < 4.78 is 42.1. The molecule has 4 aliphatic carbocycles. The molecule has 0 radical (unpaired) electrons. The van der Waals surface area contributed by atoms with Crippen molar-refractivity contribution in [1.29, 1.82) is 0 Å². The molecule has 14 heteroatoms. The number of cyclic esters (lactones) is 1. The Hall–Kier alpha value is -1.27. The maximum absolute atomic E-state index is 12.6. The molecule has 312 valence electrons. The van der Waals surface area contributed by atoms with Crippen molar-refractivity contribution in [3.05, 3.63) is 11.6 Å². The highest BCUT2D eigenvalue weighted by Gasteiger charge is 2.71. The van der Waals surface area contributed by atoms with Crippen LogP contribution in [-0.2, 0) is 38.0 Å². The highest BCUT2D eigenvalue weighted by molar-refractivity contribution is 5.85. The lowest BCUT2D eigenvalue weighted by Crippen LogP contribution is -2.67. The third-order valence-corrected chi connectivity index (χ3v) is 16.0. The van der Waals surface area contributed by atoms with Gasteiger partial charge in [-0.2, -0.15) is 0 Å². The summed E-state index contributed by atoms with van der Waals surface area (Å²) in [5, 5.41) is 66.9. The van der Waals surface area contributed by atoms with Crippen LogP contribution in [0, 0.1) is 34.5 Å². The van der Waals surface area contributed by atoms with Gasteiger partial charge in [-0.3, -0.25) is 0 Å². The Bertz CT molecular complexity index is 1410. The van der Waals surface area contributed by atoms with Gasteiger partial charge in [-0.25, -0.2) is 4.79 Å².